The lowest BCUT2D eigenvalue weighted by molar-refractivity contribution is 0.0634. The smallest absolute Gasteiger partial charge is 0.317 e. The Morgan fingerprint density at radius 3 is 2.59 bits per heavy atom. The van der Waals surface area contributed by atoms with Gasteiger partial charge in [0.15, 0.2) is 0 Å². The number of rotatable bonds is 6. The van der Waals surface area contributed by atoms with E-state index >= 15 is 0 Å². The van der Waals surface area contributed by atoms with E-state index < -0.39 is 6.10 Å². The molecule has 0 unspecified atom stereocenters. The lowest BCUT2D eigenvalue weighted by Gasteiger charge is -2.34. The molecular weight excluding hydrogens is 344 g/mol. The molecule has 7 heteroatoms. The first kappa shape index (κ1) is 20.0. The predicted molar refractivity (Wildman–Crippen MR) is 103 cm³/mol. The molecule has 7 nitrogen and oxygen atoms in total. The summed E-state index contributed by atoms with van der Waals surface area (Å²) in [6.07, 6.45) is 5.23. The molecule has 1 atom stereocenters. The number of aliphatic hydroxyl groups excluding tert-OH is 2. The predicted octanol–water partition coefficient (Wildman–Crippen LogP) is 1.38. The van der Waals surface area contributed by atoms with Crippen LogP contribution in [0.25, 0.3) is 0 Å². The first-order valence-corrected chi connectivity index (χ1v) is 10.2. The number of piperidine rings is 2. The third kappa shape index (κ3) is 5.89. The molecule has 3 rings (SSSR count). The summed E-state index contributed by atoms with van der Waals surface area (Å²) in [5.41, 5.74) is 0.714. The maximum atomic E-state index is 12.3. The number of carbonyl (C=O) groups is 1. The number of hydrogen-bond donors (Lipinski definition) is 3. The van der Waals surface area contributed by atoms with E-state index in [0.29, 0.717) is 25.3 Å². The molecule has 3 N–H and O–H groups in total. The molecule has 1 aromatic heterocycles. The van der Waals surface area contributed by atoms with Gasteiger partial charge in [-0.1, -0.05) is 6.07 Å². The molecule has 150 valence electrons. The van der Waals surface area contributed by atoms with Crippen molar-refractivity contribution in [3.8, 4) is 0 Å². The van der Waals surface area contributed by atoms with Crippen LogP contribution in [-0.4, -0.2) is 76.4 Å². The van der Waals surface area contributed by atoms with Gasteiger partial charge in [-0.15, -0.1) is 0 Å². The van der Waals surface area contributed by atoms with Crippen molar-refractivity contribution in [2.45, 2.75) is 44.3 Å². The highest BCUT2D eigenvalue weighted by molar-refractivity contribution is 5.74. The fraction of sp³-hybridized carbons (Fsp3) is 0.700. The summed E-state index contributed by atoms with van der Waals surface area (Å²) >= 11 is 0. The molecule has 1 aromatic rings. The fourth-order valence-electron chi connectivity index (χ4n) is 3.96. The van der Waals surface area contributed by atoms with E-state index in [2.05, 4.69) is 15.2 Å². The van der Waals surface area contributed by atoms with Gasteiger partial charge < -0.3 is 25.3 Å². The molecule has 2 aliphatic rings. The van der Waals surface area contributed by atoms with Gasteiger partial charge in [0.1, 0.15) is 0 Å². The topological polar surface area (TPSA) is 88.9 Å². The van der Waals surface area contributed by atoms with Crippen molar-refractivity contribution < 1.29 is 15.0 Å². The van der Waals surface area contributed by atoms with Crippen molar-refractivity contribution in [1.29, 1.82) is 0 Å². The number of aliphatic hydroxyl groups is 2. The average molecular weight is 377 g/mol. The Balaban J connectivity index is 1.31. The largest absolute Gasteiger partial charge is 0.393 e. The van der Waals surface area contributed by atoms with Crippen LogP contribution >= 0.6 is 0 Å². The van der Waals surface area contributed by atoms with Gasteiger partial charge in [-0.25, -0.2) is 4.79 Å². The summed E-state index contributed by atoms with van der Waals surface area (Å²) in [7, 11) is 0. The number of urea groups is 1. The van der Waals surface area contributed by atoms with Gasteiger partial charge in [-0.3, -0.25) is 4.98 Å². The zero-order valence-corrected chi connectivity index (χ0v) is 16.0. The van der Waals surface area contributed by atoms with Crippen LogP contribution in [0.3, 0.4) is 0 Å². The Morgan fingerprint density at radius 2 is 1.93 bits per heavy atom. The van der Waals surface area contributed by atoms with E-state index in [9.17, 15) is 15.0 Å². The molecule has 2 fully saturated rings. The Labute approximate surface area is 161 Å². The molecule has 2 amide bonds. The molecule has 0 spiro atoms. The summed E-state index contributed by atoms with van der Waals surface area (Å²) < 4.78 is 0. The first-order valence-electron chi connectivity index (χ1n) is 10.2. The molecule has 0 aliphatic carbocycles. The van der Waals surface area contributed by atoms with Crippen molar-refractivity contribution >= 4 is 6.03 Å². The number of likely N-dealkylation sites (tertiary alicyclic amines) is 2. The summed E-state index contributed by atoms with van der Waals surface area (Å²) in [6.45, 7) is 4.87. The minimum Gasteiger partial charge on any atom is -0.393 e. The summed E-state index contributed by atoms with van der Waals surface area (Å²) in [6, 6.07) is 5.58. The number of amides is 2. The standard InChI is InChI=1S/C20H32N4O3/c25-17-7-12-23(13-8-17)11-3-10-22-20(27)24-14-5-16(6-15-24)19(26)18-4-1-2-9-21-18/h1-2,4,9,16-17,19,25-26H,3,5-8,10-15H2,(H,22,27)/t19-/m0/s1. The Kier molecular flexibility index (Phi) is 7.43. The Hall–Kier alpha value is -1.70. The number of carbonyl (C=O) groups excluding carboxylic acids is 1. The maximum absolute atomic E-state index is 12.3. The van der Waals surface area contributed by atoms with E-state index in [-0.39, 0.29) is 18.1 Å². The van der Waals surface area contributed by atoms with Crippen molar-refractivity contribution in [1.82, 2.24) is 20.1 Å². The van der Waals surface area contributed by atoms with Crippen molar-refractivity contribution in [3.63, 3.8) is 0 Å². The molecule has 0 aromatic carbocycles. The quantitative estimate of drug-likeness (QED) is 0.653. The second-order valence-corrected chi connectivity index (χ2v) is 7.68. The number of nitrogens with zero attached hydrogens (tertiary/aromatic N) is 3. The van der Waals surface area contributed by atoms with Crippen LogP contribution in [0, 0.1) is 5.92 Å². The molecule has 0 saturated carbocycles. The highest BCUT2D eigenvalue weighted by Crippen LogP contribution is 2.29. The fourth-order valence-corrected chi connectivity index (χ4v) is 3.96. The van der Waals surface area contributed by atoms with Gasteiger partial charge in [-0.2, -0.15) is 0 Å². The van der Waals surface area contributed by atoms with Crippen LogP contribution in [0.2, 0.25) is 0 Å². The highest BCUT2D eigenvalue weighted by atomic mass is 16.3. The number of pyridine rings is 1. The second-order valence-electron chi connectivity index (χ2n) is 7.68. The lowest BCUT2D eigenvalue weighted by atomic mass is 9.89. The van der Waals surface area contributed by atoms with E-state index in [0.717, 1.165) is 51.7 Å². The minimum absolute atomic E-state index is 0.00478. The zero-order valence-electron chi connectivity index (χ0n) is 16.0. The van der Waals surface area contributed by atoms with Crippen LogP contribution < -0.4 is 5.32 Å². The third-order valence-corrected chi connectivity index (χ3v) is 5.75. The first-order chi connectivity index (χ1) is 13.1. The SMILES string of the molecule is O=C(NCCCN1CCC(O)CC1)N1CCC([C@H](O)c2ccccn2)CC1. The van der Waals surface area contributed by atoms with Gasteiger partial charge in [0, 0.05) is 38.9 Å². The third-order valence-electron chi connectivity index (χ3n) is 5.75. The average Bonchev–Trinajstić information content (AvgIpc) is 2.72. The number of hydrogen-bond acceptors (Lipinski definition) is 5. The molecule has 2 aliphatic heterocycles. The van der Waals surface area contributed by atoms with Gasteiger partial charge >= 0.3 is 6.03 Å². The van der Waals surface area contributed by atoms with Crippen LogP contribution in [0.1, 0.15) is 43.9 Å². The van der Waals surface area contributed by atoms with Crippen LogP contribution in [0.4, 0.5) is 4.79 Å². The normalized spacial score (nSPS) is 21.2. The van der Waals surface area contributed by atoms with E-state index in [1.54, 1.807) is 6.20 Å². The van der Waals surface area contributed by atoms with Crippen LogP contribution in [0.15, 0.2) is 24.4 Å². The zero-order chi connectivity index (χ0) is 19.1. The van der Waals surface area contributed by atoms with Crippen LogP contribution in [-0.2, 0) is 0 Å². The summed E-state index contributed by atoms with van der Waals surface area (Å²) in [5.74, 6) is 0.151. The van der Waals surface area contributed by atoms with Crippen molar-refractivity contribution in [3.05, 3.63) is 30.1 Å². The Morgan fingerprint density at radius 1 is 1.19 bits per heavy atom. The molecule has 2 saturated heterocycles. The van der Waals surface area contributed by atoms with E-state index in [1.807, 2.05) is 23.1 Å². The molecule has 0 bridgehead atoms. The second kappa shape index (κ2) is 10.0. The van der Waals surface area contributed by atoms with Gasteiger partial charge in [-0.05, 0) is 56.7 Å². The van der Waals surface area contributed by atoms with Crippen LogP contribution in [0.5, 0.6) is 0 Å². The molecule has 0 radical (unpaired) electrons. The summed E-state index contributed by atoms with van der Waals surface area (Å²) in [4.78, 5) is 20.8. The monoisotopic (exact) mass is 376 g/mol. The number of nitrogens with one attached hydrogen (secondary N) is 1. The van der Waals surface area contributed by atoms with E-state index in [1.165, 1.54) is 0 Å². The summed E-state index contributed by atoms with van der Waals surface area (Å²) in [5, 5.41) is 23.0. The van der Waals surface area contributed by atoms with Gasteiger partial charge in [0.2, 0.25) is 0 Å². The minimum atomic E-state index is -0.556. The van der Waals surface area contributed by atoms with E-state index in [4.69, 9.17) is 0 Å². The molecule has 3 heterocycles. The van der Waals surface area contributed by atoms with Gasteiger partial charge in [0.25, 0.3) is 0 Å². The highest BCUT2D eigenvalue weighted by Gasteiger charge is 2.28. The lowest BCUT2D eigenvalue weighted by Crippen LogP contribution is -2.46. The number of aromatic nitrogens is 1. The van der Waals surface area contributed by atoms with Crippen molar-refractivity contribution in [2.75, 3.05) is 39.3 Å². The van der Waals surface area contributed by atoms with Gasteiger partial charge in [0.05, 0.1) is 17.9 Å². The molecule has 27 heavy (non-hydrogen) atoms. The molecular formula is C20H32N4O3. The van der Waals surface area contributed by atoms with Crippen molar-refractivity contribution in [2.24, 2.45) is 5.92 Å². The Bertz CT molecular complexity index is 570. The maximum Gasteiger partial charge on any atom is 0.317 e.